The predicted molar refractivity (Wildman–Crippen MR) is 91.7 cm³/mol. The molecule has 22 heavy (non-hydrogen) atoms. The minimum Gasteiger partial charge on any atom is -0.444 e. The molecule has 0 aliphatic rings. The van der Waals surface area contributed by atoms with Crippen molar-refractivity contribution < 1.29 is 9.53 Å². The number of hydrogen-bond donors (Lipinski definition) is 2. The van der Waals surface area contributed by atoms with Crippen LogP contribution >= 0.6 is 23.2 Å². The van der Waals surface area contributed by atoms with E-state index in [-0.39, 0.29) is 12.1 Å². The molecule has 1 aromatic rings. The molecule has 0 bridgehead atoms. The van der Waals surface area contributed by atoms with Crippen molar-refractivity contribution in [3.8, 4) is 0 Å². The molecule has 0 aliphatic heterocycles. The monoisotopic (exact) mass is 346 g/mol. The number of benzene rings is 1. The van der Waals surface area contributed by atoms with Crippen LogP contribution in [0.25, 0.3) is 0 Å². The summed E-state index contributed by atoms with van der Waals surface area (Å²) in [6.45, 7) is 9.99. The Morgan fingerprint density at radius 1 is 1.27 bits per heavy atom. The van der Waals surface area contributed by atoms with E-state index >= 15 is 0 Å². The van der Waals surface area contributed by atoms with Crippen molar-refractivity contribution in [1.82, 2.24) is 10.6 Å². The lowest BCUT2D eigenvalue weighted by Gasteiger charge is -2.23. The maximum Gasteiger partial charge on any atom is 0.407 e. The first-order chi connectivity index (χ1) is 10.1. The molecule has 1 aromatic carbocycles. The third-order valence-electron chi connectivity index (χ3n) is 2.94. The van der Waals surface area contributed by atoms with E-state index < -0.39 is 11.7 Å². The van der Waals surface area contributed by atoms with Gasteiger partial charge in [0.15, 0.2) is 0 Å². The number of amides is 1. The van der Waals surface area contributed by atoms with Crippen LogP contribution in [-0.2, 0) is 4.74 Å². The molecule has 6 heteroatoms. The lowest BCUT2D eigenvalue weighted by molar-refractivity contribution is 0.0507. The molecule has 0 saturated carbocycles. The molecule has 124 valence electrons. The van der Waals surface area contributed by atoms with Gasteiger partial charge >= 0.3 is 6.09 Å². The van der Waals surface area contributed by atoms with Gasteiger partial charge in [0.05, 0.1) is 10.0 Å². The van der Waals surface area contributed by atoms with E-state index in [2.05, 4.69) is 10.6 Å². The van der Waals surface area contributed by atoms with Crippen LogP contribution in [-0.4, -0.2) is 24.3 Å². The van der Waals surface area contributed by atoms with Gasteiger partial charge in [0.2, 0.25) is 0 Å². The Bertz CT molecular complexity index is 515. The number of hydrogen-bond acceptors (Lipinski definition) is 3. The summed E-state index contributed by atoms with van der Waals surface area (Å²) in [5.74, 6) is 0. The van der Waals surface area contributed by atoms with E-state index in [1.54, 1.807) is 6.07 Å². The largest absolute Gasteiger partial charge is 0.444 e. The molecular formula is C16H24Cl2N2O2. The van der Waals surface area contributed by atoms with E-state index in [1.807, 2.05) is 46.8 Å². The fourth-order valence-corrected chi connectivity index (χ4v) is 2.35. The SMILES string of the molecule is CC(CNC(C)c1cccc(Cl)c1Cl)NC(=O)OC(C)(C)C. The number of alkyl carbamates (subject to hydrolysis) is 1. The molecule has 4 nitrogen and oxygen atoms in total. The zero-order valence-corrected chi connectivity index (χ0v) is 15.2. The standard InChI is InChI=1S/C16H24Cl2N2O2/c1-10(20-15(21)22-16(3,4)5)9-19-11(2)12-7-6-8-13(17)14(12)18/h6-8,10-11,19H,9H2,1-5H3,(H,20,21). The average Bonchev–Trinajstić information content (AvgIpc) is 2.36. The summed E-state index contributed by atoms with van der Waals surface area (Å²) in [5.41, 5.74) is 0.428. The van der Waals surface area contributed by atoms with Crippen molar-refractivity contribution in [2.75, 3.05) is 6.54 Å². The molecule has 0 spiro atoms. The summed E-state index contributed by atoms with van der Waals surface area (Å²) < 4.78 is 5.22. The van der Waals surface area contributed by atoms with Crippen LogP contribution in [0.1, 0.15) is 46.2 Å². The Morgan fingerprint density at radius 3 is 2.50 bits per heavy atom. The summed E-state index contributed by atoms with van der Waals surface area (Å²) in [6, 6.07) is 5.50. The molecule has 0 fully saturated rings. The smallest absolute Gasteiger partial charge is 0.407 e. The fourth-order valence-electron chi connectivity index (χ4n) is 1.88. The summed E-state index contributed by atoms with van der Waals surface area (Å²) in [5, 5.41) is 7.20. The van der Waals surface area contributed by atoms with Crippen LogP contribution in [0, 0.1) is 0 Å². The van der Waals surface area contributed by atoms with Gasteiger partial charge in [-0.25, -0.2) is 4.79 Å². The molecule has 1 amide bonds. The van der Waals surface area contributed by atoms with Crippen LogP contribution in [0.15, 0.2) is 18.2 Å². The molecule has 0 saturated heterocycles. The van der Waals surface area contributed by atoms with Crippen molar-refractivity contribution in [3.63, 3.8) is 0 Å². The Morgan fingerprint density at radius 2 is 1.91 bits per heavy atom. The van der Waals surface area contributed by atoms with Crippen molar-refractivity contribution in [1.29, 1.82) is 0 Å². The average molecular weight is 347 g/mol. The van der Waals surface area contributed by atoms with E-state index in [9.17, 15) is 4.79 Å². The molecule has 2 atom stereocenters. The second-order valence-electron chi connectivity index (χ2n) is 6.32. The van der Waals surface area contributed by atoms with E-state index in [0.29, 0.717) is 16.6 Å². The fraction of sp³-hybridized carbons (Fsp3) is 0.562. The molecule has 0 radical (unpaired) electrons. The van der Waals surface area contributed by atoms with Crippen molar-refractivity contribution in [2.24, 2.45) is 0 Å². The van der Waals surface area contributed by atoms with Crippen LogP contribution in [0.4, 0.5) is 4.79 Å². The first-order valence-corrected chi connectivity index (χ1v) is 8.02. The predicted octanol–water partition coefficient (Wildman–Crippen LogP) is 4.56. The lowest BCUT2D eigenvalue weighted by atomic mass is 10.1. The maximum atomic E-state index is 11.7. The van der Waals surface area contributed by atoms with Crippen LogP contribution < -0.4 is 10.6 Å². The van der Waals surface area contributed by atoms with Gasteiger partial charge in [-0.2, -0.15) is 0 Å². The number of carbonyl (C=O) groups is 1. The van der Waals surface area contributed by atoms with Gasteiger partial charge in [0.1, 0.15) is 5.60 Å². The molecule has 0 heterocycles. The minimum atomic E-state index is -0.501. The number of carbonyl (C=O) groups excluding carboxylic acids is 1. The molecule has 0 aliphatic carbocycles. The number of halogens is 2. The van der Waals surface area contributed by atoms with Gasteiger partial charge < -0.3 is 15.4 Å². The molecule has 0 aromatic heterocycles. The van der Waals surface area contributed by atoms with Gasteiger partial charge in [0, 0.05) is 18.6 Å². The normalized spacial score (nSPS) is 14.3. The summed E-state index contributed by atoms with van der Waals surface area (Å²) in [4.78, 5) is 11.7. The number of rotatable bonds is 5. The highest BCUT2D eigenvalue weighted by molar-refractivity contribution is 6.42. The van der Waals surface area contributed by atoms with E-state index in [1.165, 1.54) is 0 Å². The first kappa shape index (κ1) is 19.1. The zero-order chi connectivity index (χ0) is 16.9. The highest BCUT2D eigenvalue weighted by Crippen LogP contribution is 2.29. The Hall–Kier alpha value is -0.970. The topological polar surface area (TPSA) is 50.4 Å². The van der Waals surface area contributed by atoms with E-state index in [0.717, 1.165) is 5.56 Å². The zero-order valence-electron chi connectivity index (χ0n) is 13.7. The summed E-state index contributed by atoms with van der Waals surface area (Å²) in [7, 11) is 0. The van der Waals surface area contributed by atoms with Gasteiger partial charge in [-0.05, 0) is 46.2 Å². The quantitative estimate of drug-likeness (QED) is 0.821. The van der Waals surface area contributed by atoms with E-state index in [4.69, 9.17) is 27.9 Å². The third kappa shape index (κ3) is 6.42. The van der Waals surface area contributed by atoms with Crippen molar-refractivity contribution in [2.45, 2.75) is 52.3 Å². The Labute approximate surface area is 142 Å². The Balaban J connectivity index is 2.48. The van der Waals surface area contributed by atoms with Crippen LogP contribution in [0.5, 0.6) is 0 Å². The summed E-state index contributed by atoms with van der Waals surface area (Å²) in [6.07, 6.45) is -0.421. The molecule has 1 rings (SSSR count). The lowest BCUT2D eigenvalue weighted by Crippen LogP contribution is -2.43. The first-order valence-electron chi connectivity index (χ1n) is 7.27. The maximum absolute atomic E-state index is 11.7. The molecule has 2 unspecified atom stereocenters. The van der Waals surface area contributed by atoms with Crippen LogP contribution in [0.3, 0.4) is 0 Å². The molecule has 2 N–H and O–H groups in total. The van der Waals surface area contributed by atoms with Gasteiger partial charge in [-0.3, -0.25) is 0 Å². The second kappa shape index (κ2) is 8.04. The second-order valence-corrected chi connectivity index (χ2v) is 7.11. The van der Waals surface area contributed by atoms with Crippen LogP contribution in [0.2, 0.25) is 10.0 Å². The highest BCUT2D eigenvalue weighted by Gasteiger charge is 2.18. The van der Waals surface area contributed by atoms with Gasteiger partial charge in [-0.15, -0.1) is 0 Å². The molecular weight excluding hydrogens is 323 g/mol. The summed E-state index contributed by atoms with van der Waals surface area (Å²) >= 11 is 12.2. The highest BCUT2D eigenvalue weighted by atomic mass is 35.5. The van der Waals surface area contributed by atoms with Crippen molar-refractivity contribution in [3.05, 3.63) is 33.8 Å². The Kier molecular flexibility index (Phi) is 6.98. The third-order valence-corrected chi connectivity index (χ3v) is 3.77. The number of nitrogens with one attached hydrogen (secondary N) is 2. The number of ether oxygens (including phenoxy) is 1. The minimum absolute atomic E-state index is 0.0223. The van der Waals surface area contributed by atoms with Gasteiger partial charge in [0.25, 0.3) is 0 Å². The van der Waals surface area contributed by atoms with Gasteiger partial charge in [-0.1, -0.05) is 35.3 Å². The van der Waals surface area contributed by atoms with Crippen molar-refractivity contribution >= 4 is 29.3 Å².